The number of rotatable bonds is 4. The highest BCUT2D eigenvalue weighted by molar-refractivity contribution is 9.10. The van der Waals surface area contributed by atoms with Crippen molar-refractivity contribution in [1.82, 2.24) is 0 Å². The van der Waals surface area contributed by atoms with Crippen LogP contribution in [0.5, 0.6) is 0 Å². The summed E-state index contributed by atoms with van der Waals surface area (Å²) in [6.07, 6.45) is 74.4. The van der Waals surface area contributed by atoms with Crippen LogP contribution in [0.2, 0.25) is 0 Å². The Bertz CT molecular complexity index is 4360. The summed E-state index contributed by atoms with van der Waals surface area (Å²) in [7, 11) is -1.36. The summed E-state index contributed by atoms with van der Waals surface area (Å²) in [5.74, 6) is 7.30. The van der Waals surface area contributed by atoms with Gasteiger partial charge in [-0.3, -0.25) is 0 Å². The summed E-state index contributed by atoms with van der Waals surface area (Å²) < 4.78 is 1.15. The molecule has 0 radical (unpaired) electrons. The summed E-state index contributed by atoms with van der Waals surface area (Å²) in [5, 5.41) is 22.0. The molecule has 13 aliphatic carbocycles. The Kier molecular flexibility index (Phi) is 14.5. The van der Waals surface area contributed by atoms with Crippen LogP contribution in [0.4, 0.5) is 0 Å². The molecule has 0 heterocycles. The summed E-state index contributed by atoms with van der Waals surface area (Å²) in [6, 6.07) is 36.2. The molecule has 0 saturated carbocycles. The van der Waals surface area contributed by atoms with Gasteiger partial charge in [0.15, 0.2) is 0 Å². The van der Waals surface area contributed by atoms with Crippen molar-refractivity contribution in [1.29, 1.82) is 0 Å². The van der Waals surface area contributed by atoms with E-state index < -0.39 is 7.12 Å². The van der Waals surface area contributed by atoms with Crippen LogP contribution >= 0.6 is 15.9 Å². The monoisotopic (exact) mass is 1230 g/mol. The van der Waals surface area contributed by atoms with Crippen molar-refractivity contribution in [3.05, 3.63) is 340 Å². The molecule has 13 aliphatic rings. The molecular weight excluding hydrogens is 1160 g/mol. The van der Waals surface area contributed by atoms with E-state index in [1.807, 2.05) is 6.08 Å². The van der Waals surface area contributed by atoms with Gasteiger partial charge in [-0.1, -0.05) is 311 Å². The first-order valence-electron chi connectivity index (χ1n) is 33.2. The minimum atomic E-state index is -1.36. The number of allylic oxidation sites excluding steroid dienone is 36. The Morgan fingerprint density at radius 1 is 0.389 bits per heavy atom. The fourth-order valence-electron chi connectivity index (χ4n) is 18.4. The lowest BCUT2D eigenvalue weighted by Crippen LogP contribution is -2.43. The number of hydrogen-bond acceptors (Lipinski definition) is 2. The molecule has 0 spiro atoms. The van der Waals surface area contributed by atoms with Gasteiger partial charge in [-0.2, -0.15) is 0 Å². The van der Waals surface area contributed by atoms with E-state index in [2.05, 4.69) is 329 Å². The third-order valence-corrected chi connectivity index (χ3v) is 23.5. The molecule has 2 N–H and O–H groups in total. The topological polar surface area (TPSA) is 40.5 Å². The number of hydrogen-bond donors (Lipinski definition) is 2. The van der Waals surface area contributed by atoms with Crippen LogP contribution in [0.25, 0.3) is 38.6 Å². The van der Waals surface area contributed by atoms with Gasteiger partial charge in [-0.15, -0.1) is 0 Å². The second-order valence-corrected chi connectivity index (χ2v) is 29.4. The van der Waals surface area contributed by atoms with Gasteiger partial charge in [0.1, 0.15) is 0 Å². The summed E-state index contributed by atoms with van der Waals surface area (Å²) in [6.45, 7) is 9.61. The number of benzene rings is 5. The zero-order valence-electron chi connectivity index (χ0n) is 51.8. The Hall–Kier alpha value is -7.86. The summed E-state index contributed by atoms with van der Waals surface area (Å²) in [5.41, 5.74) is 17.7. The van der Waals surface area contributed by atoms with E-state index >= 15 is 0 Å². The quantitative estimate of drug-likeness (QED) is 0.139. The molecule has 90 heavy (non-hydrogen) atoms. The zero-order chi connectivity index (χ0) is 61.0. The predicted octanol–water partition coefficient (Wildman–Crippen LogP) is 20.0. The van der Waals surface area contributed by atoms with Crippen molar-refractivity contribution < 1.29 is 10.0 Å². The zero-order valence-corrected chi connectivity index (χ0v) is 53.4. The van der Waals surface area contributed by atoms with E-state index in [0.29, 0.717) is 82.9 Å². The largest absolute Gasteiger partial charge is 0.484 e. The van der Waals surface area contributed by atoms with Crippen LogP contribution in [0.15, 0.2) is 313 Å². The maximum atomic E-state index is 9.72. The first-order chi connectivity index (χ1) is 43.8. The summed E-state index contributed by atoms with van der Waals surface area (Å²) >= 11 is 3.64. The van der Waals surface area contributed by atoms with Crippen LogP contribution in [0.3, 0.4) is 0 Å². The molecule has 16 unspecified atom stereocenters. The molecule has 5 aromatic carbocycles. The van der Waals surface area contributed by atoms with Crippen molar-refractivity contribution in [3.63, 3.8) is 0 Å². The van der Waals surface area contributed by atoms with Gasteiger partial charge in [0.2, 0.25) is 0 Å². The molecule has 0 amide bonds. The van der Waals surface area contributed by atoms with E-state index in [1.165, 1.54) is 77.6 Å². The molecule has 444 valence electrons. The van der Waals surface area contributed by atoms with E-state index in [9.17, 15) is 10.0 Å². The molecule has 0 bridgehead atoms. The fraction of sp³-hybridized carbons (Fsp3) is 0.256. The van der Waals surface area contributed by atoms with E-state index in [4.69, 9.17) is 0 Å². The Labute approximate surface area is 541 Å². The van der Waals surface area contributed by atoms with Gasteiger partial charge in [0, 0.05) is 51.3 Å². The van der Waals surface area contributed by atoms with E-state index in [-0.39, 0.29) is 22.7 Å². The van der Waals surface area contributed by atoms with Crippen molar-refractivity contribution in [2.75, 3.05) is 0 Å². The molecular formula is C86H78BBrO2. The van der Waals surface area contributed by atoms with Gasteiger partial charge in [-0.25, -0.2) is 0 Å². The van der Waals surface area contributed by atoms with E-state index in [0.717, 1.165) is 9.95 Å². The Morgan fingerprint density at radius 3 is 1.66 bits per heavy atom. The van der Waals surface area contributed by atoms with Crippen LogP contribution in [0, 0.1) is 88.8 Å². The van der Waals surface area contributed by atoms with Crippen LogP contribution < -0.4 is 0 Å². The van der Waals surface area contributed by atoms with E-state index in [1.54, 1.807) is 0 Å². The maximum absolute atomic E-state index is 9.72. The maximum Gasteiger partial charge on any atom is 0.484 e. The molecule has 16 atom stereocenters. The third-order valence-electron chi connectivity index (χ3n) is 23.0. The molecule has 5 aromatic rings. The smallest absolute Gasteiger partial charge is 0.423 e. The molecule has 18 rings (SSSR count). The molecule has 0 saturated heterocycles. The Balaban J connectivity index is 0.000000117. The van der Waals surface area contributed by atoms with Crippen LogP contribution in [-0.2, 0) is 10.8 Å². The third kappa shape index (κ3) is 9.82. The first kappa shape index (κ1) is 57.3. The van der Waals surface area contributed by atoms with Crippen LogP contribution in [0.1, 0.15) is 61.4 Å². The highest BCUT2D eigenvalue weighted by atomic mass is 79.9. The van der Waals surface area contributed by atoms with Crippen molar-refractivity contribution in [2.24, 2.45) is 88.8 Å². The van der Waals surface area contributed by atoms with Gasteiger partial charge < -0.3 is 10.0 Å². The minimum Gasteiger partial charge on any atom is -0.423 e. The normalized spacial score (nSPS) is 32.9. The molecule has 0 aromatic heterocycles. The lowest BCUT2D eigenvalue weighted by Gasteiger charge is -2.48. The average Bonchev–Trinajstić information content (AvgIpc) is 1.56. The van der Waals surface area contributed by atoms with Gasteiger partial charge in [-0.05, 0) is 166 Å². The number of fused-ring (bicyclic) bond motifs is 18. The number of halogens is 1. The lowest BCUT2D eigenvalue weighted by molar-refractivity contribution is 0.185. The second kappa shape index (κ2) is 22.8. The SMILES string of the molecule is CC1(C)c2cc(Br)ccc2-c2ccc(-c3ccc4ccccc4c3)cc21.CC1(C)c2cc(C3=CC4C=CC=CC4C=C3)ccc2C2C=CC(C3=CC4C=CC5C=CC=CC5C4C4C=CC=CC34)=CC21.OB(O)C1=CC2C=CC3C=CC=CC3C2C2C=CC=CC12. The molecule has 0 fully saturated rings. The molecule has 4 heteroatoms. The van der Waals surface area contributed by atoms with Crippen molar-refractivity contribution in [2.45, 2.75) is 44.4 Å². The van der Waals surface area contributed by atoms with Gasteiger partial charge in [0.05, 0.1) is 0 Å². The summed E-state index contributed by atoms with van der Waals surface area (Å²) in [4.78, 5) is 0. The molecule has 0 aliphatic heterocycles. The fourth-order valence-corrected chi connectivity index (χ4v) is 18.8. The average molecular weight is 1230 g/mol. The Morgan fingerprint density at radius 2 is 0.933 bits per heavy atom. The highest BCUT2D eigenvalue weighted by Crippen LogP contribution is 2.58. The second-order valence-electron chi connectivity index (χ2n) is 28.4. The van der Waals surface area contributed by atoms with Gasteiger partial charge >= 0.3 is 7.12 Å². The minimum absolute atomic E-state index is 0.0152. The van der Waals surface area contributed by atoms with Crippen molar-refractivity contribution in [3.8, 4) is 22.3 Å². The lowest BCUT2D eigenvalue weighted by atomic mass is 9.52. The molecule has 2 nitrogen and oxygen atoms in total. The first-order valence-corrected chi connectivity index (χ1v) is 34.0. The highest BCUT2D eigenvalue weighted by Gasteiger charge is 2.50. The standard InChI is InChI=1S/C43H40.C25H19Br.C18H19BO2/c1-43(2)40-25-31(30-17-15-27-9-3-4-11-29(27)23-30)19-21-36(40)37-22-20-32(26-41(37)43)39-24-33-18-16-28-10-5-6-12-34(28)42(33)38-14-8-7-13-35(38)39;1-25(2)23-14-19(18-8-7-16-5-3-4-6-17(16)13-18)9-11-21(23)22-12-10-20(26)15-24(22)25;20-19(21)17-11-13-10-9-12-5-1-2-6-14(12)18(13)16-8-4-3-7-15(16)17/h3-29,33-35,37-38,41-42H,1-2H3;3-15H,1-2H3;1-16,18,20-21H. The van der Waals surface area contributed by atoms with Crippen LogP contribution in [-0.4, -0.2) is 17.2 Å². The predicted molar refractivity (Wildman–Crippen MR) is 380 cm³/mol. The van der Waals surface area contributed by atoms with Crippen molar-refractivity contribution >= 4 is 39.4 Å². The van der Waals surface area contributed by atoms with Gasteiger partial charge in [0.25, 0.3) is 0 Å².